The molecule has 1 N–H and O–H groups in total. The van der Waals surface area contributed by atoms with Gasteiger partial charge in [0.15, 0.2) is 5.09 Å². The highest BCUT2D eigenvalue weighted by molar-refractivity contribution is 9.10. The van der Waals surface area contributed by atoms with Crippen molar-refractivity contribution < 1.29 is 9.21 Å². The molecule has 3 aromatic rings. The summed E-state index contributed by atoms with van der Waals surface area (Å²) in [5.74, 6) is -0.0870. The van der Waals surface area contributed by atoms with Crippen LogP contribution in [0, 0.1) is 18.3 Å². The first-order valence-electron chi connectivity index (χ1n) is 8.18. The van der Waals surface area contributed by atoms with Crippen molar-refractivity contribution in [2.45, 2.75) is 16.9 Å². The molecule has 0 aliphatic carbocycles. The van der Waals surface area contributed by atoms with Crippen LogP contribution in [0.2, 0.25) is 5.02 Å². The first-order chi connectivity index (χ1) is 13.5. The van der Waals surface area contributed by atoms with Crippen LogP contribution in [0.1, 0.15) is 11.3 Å². The Morgan fingerprint density at radius 1 is 1.25 bits per heavy atom. The Hall–Kier alpha value is -2.46. The van der Waals surface area contributed by atoms with Gasteiger partial charge in [-0.3, -0.25) is 4.79 Å². The molecule has 0 radical (unpaired) electrons. The number of carbonyl (C=O) groups is 1. The van der Waals surface area contributed by atoms with Crippen LogP contribution in [0.3, 0.4) is 0 Å². The van der Waals surface area contributed by atoms with Gasteiger partial charge in [0.05, 0.1) is 4.47 Å². The van der Waals surface area contributed by atoms with Crippen molar-refractivity contribution in [3.05, 3.63) is 81.0 Å². The lowest BCUT2D eigenvalue weighted by atomic mass is 10.2. The van der Waals surface area contributed by atoms with Gasteiger partial charge in [-0.15, -0.1) is 0 Å². The largest absolute Gasteiger partial charge is 0.449 e. The molecule has 7 heteroatoms. The van der Waals surface area contributed by atoms with E-state index in [-0.39, 0.29) is 5.57 Å². The molecule has 0 spiro atoms. The fourth-order valence-corrected chi connectivity index (χ4v) is 3.77. The normalized spacial score (nSPS) is 11.1. The first kappa shape index (κ1) is 20.3. The number of para-hydroxylation sites is 1. The number of nitriles is 1. The van der Waals surface area contributed by atoms with E-state index in [1.54, 1.807) is 24.3 Å². The molecular formula is C21H14BrClN2O2S. The number of hydrogen-bond donors (Lipinski definition) is 1. The molecule has 0 aliphatic heterocycles. The van der Waals surface area contributed by atoms with Crippen molar-refractivity contribution >= 4 is 57.0 Å². The third kappa shape index (κ3) is 5.08. The van der Waals surface area contributed by atoms with E-state index >= 15 is 0 Å². The summed E-state index contributed by atoms with van der Waals surface area (Å²) in [7, 11) is 0. The molecule has 0 unspecified atom stereocenters. The fourth-order valence-electron chi connectivity index (χ4n) is 2.31. The second-order valence-corrected chi connectivity index (χ2v) is 8.12. The van der Waals surface area contributed by atoms with E-state index in [0.717, 1.165) is 14.9 Å². The van der Waals surface area contributed by atoms with Gasteiger partial charge in [0.25, 0.3) is 5.91 Å². The SMILES string of the molecule is Cc1ccccc1NC(=O)/C(C#N)=C\c1cc(Br)c(Sc2ccc(Cl)cc2)o1. The van der Waals surface area contributed by atoms with Gasteiger partial charge < -0.3 is 9.73 Å². The number of rotatable bonds is 5. The van der Waals surface area contributed by atoms with E-state index in [1.165, 1.54) is 17.8 Å². The van der Waals surface area contributed by atoms with Crippen LogP contribution in [-0.2, 0) is 4.79 Å². The van der Waals surface area contributed by atoms with Gasteiger partial charge in [-0.2, -0.15) is 5.26 Å². The Balaban J connectivity index is 1.79. The van der Waals surface area contributed by atoms with Gasteiger partial charge in [-0.05, 0) is 64.8 Å². The van der Waals surface area contributed by atoms with Crippen LogP contribution in [0.5, 0.6) is 0 Å². The number of nitrogens with zero attached hydrogens (tertiary/aromatic N) is 1. The van der Waals surface area contributed by atoms with Gasteiger partial charge in [0.1, 0.15) is 17.4 Å². The Morgan fingerprint density at radius 2 is 1.96 bits per heavy atom. The molecule has 28 heavy (non-hydrogen) atoms. The predicted molar refractivity (Wildman–Crippen MR) is 115 cm³/mol. The van der Waals surface area contributed by atoms with Crippen LogP contribution in [0.25, 0.3) is 6.08 Å². The van der Waals surface area contributed by atoms with Gasteiger partial charge in [0.2, 0.25) is 0 Å². The summed E-state index contributed by atoms with van der Waals surface area (Å²) in [6, 6.07) is 18.4. The lowest BCUT2D eigenvalue weighted by molar-refractivity contribution is -0.112. The maximum absolute atomic E-state index is 12.4. The molecule has 1 heterocycles. The fraction of sp³-hybridized carbons (Fsp3) is 0.0476. The summed E-state index contributed by atoms with van der Waals surface area (Å²) in [4.78, 5) is 13.4. The quantitative estimate of drug-likeness (QED) is 0.331. The van der Waals surface area contributed by atoms with Gasteiger partial charge in [0, 0.05) is 21.7 Å². The van der Waals surface area contributed by atoms with Gasteiger partial charge in [-0.1, -0.05) is 41.6 Å². The maximum atomic E-state index is 12.4. The number of anilines is 1. The second-order valence-electron chi connectivity index (χ2n) is 5.78. The number of halogens is 2. The molecule has 1 aromatic heterocycles. The highest BCUT2D eigenvalue weighted by atomic mass is 79.9. The zero-order chi connectivity index (χ0) is 20.1. The first-order valence-corrected chi connectivity index (χ1v) is 10.2. The molecule has 0 bridgehead atoms. The van der Waals surface area contributed by atoms with E-state index < -0.39 is 5.91 Å². The van der Waals surface area contributed by atoms with Crippen molar-refractivity contribution in [1.82, 2.24) is 0 Å². The van der Waals surface area contributed by atoms with E-state index in [4.69, 9.17) is 16.0 Å². The van der Waals surface area contributed by atoms with E-state index in [2.05, 4.69) is 21.2 Å². The van der Waals surface area contributed by atoms with Gasteiger partial charge >= 0.3 is 0 Å². The summed E-state index contributed by atoms with van der Waals surface area (Å²) in [5, 5.41) is 13.4. The Labute approximate surface area is 180 Å². The number of carbonyl (C=O) groups excluding carboxylic acids is 1. The maximum Gasteiger partial charge on any atom is 0.266 e. The van der Waals surface area contributed by atoms with Crippen LogP contribution in [0.15, 0.2) is 79.0 Å². The molecule has 0 saturated carbocycles. The number of nitrogens with one attached hydrogen (secondary N) is 1. The third-order valence-electron chi connectivity index (χ3n) is 3.74. The highest BCUT2D eigenvalue weighted by Gasteiger charge is 2.14. The molecule has 0 atom stereocenters. The monoisotopic (exact) mass is 472 g/mol. The zero-order valence-corrected chi connectivity index (χ0v) is 17.9. The van der Waals surface area contributed by atoms with Crippen molar-refractivity contribution in [2.24, 2.45) is 0 Å². The summed E-state index contributed by atoms with van der Waals surface area (Å²) in [6.07, 6.45) is 1.42. The van der Waals surface area contributed by atoms with Crippen molar-refractivity contribution in [2.75, 3.05) is 5.32 Å². The molecule has 2 aromatic carbocycles. The third-order valence-corrected chi connectivity index (χ3v) is 5.84. The van der Waals surface area contributed by atoms with Crippen molar-refractivity contribution in [3.63, 3.8) is 0 Å². The molecule has 3 rings (SSSR count). The molecule has 1 amide bonds. The average Bonchev–Trinajstić information content (AvgIpc) is 3.02. The number of aryl methyl sites for hydroxylation is 1. The number of amides is 1. The number of furan rings is 1. The molecule has 0 saturated heterocycles. The van der Waals surface area contributed by atoms with Crippen molar-refractivity contribution in [3.8, 4) is 6.07 Å². The summed E-state index contributed by atoms with van der Waals surface area (Å²) in [5.41, 5.74) is 1.52. The molecule has 0 aliphatic rings. The minimum absolute atomic E-state index is 0.0486. The Bertz CT molecular complexity index is 1080. The topological polar surface area (TPSA) is 66.0 Å². The van der Waals surface area contributed by atoms with Crippen molar-refractivity contribution in [1.29, 1.82) is 5.26 Å². The van der Waals surface area contributed by atoms with E-state index in [0.29, 0.717) is 21.6 Å². The lowest BCUT2D eigenvalue weighted by Gasteiger charge is -2.06. The highest BCUT2D eigenvalue weighted by Crippen LogP contribution is 2.36. The molecular weight excluding hydrogens is 460 g/mol. The molecule has 0 fully saturated rings. The second kappa shape index (κ2) is 9.16. The summed E-state index contributed by atoms with van der Waals surface area (Å²) in [6.45, 7) is 1.88. The van der Waals surface area contributed by atoms with E-state index in [9.17, 15) is 10.1 Å². The molecule has 140 valence electrons. The minimum atomic E-state index is -0.490. The lowest BCUT2D eigenvalue weighted by Crippen LogP contribution is -2.14. The van der Waals surface area contributed by atoms with E-state index in [1.807, 2.05) is 43.3 Å². The smallest absolute Gasteiger partial charge is 0.266 e. The number of hydrogen-bond acceptors (Lipinski definition) is 4. The van der Waals surface area contributed by atoms with Crippen LogP contribution in [0.4, 0.5) is 5.69 Å². The average molecular weight is 474 g/mol. The zero-order valence-electron chi connectivity index (χ0n) is 14.7. The standard InChI is InChI=1S/C21H14BrClN2O2S/c1-13-4-2-3-5-19(13)25-20(26)14(12-24)10-16-11-18(22)21(27-16)28-17-8-6-15(23)7-9-17/h2-11H,1H3,(H,25,26)/b14-10-. The van der Waals surface area contributed by atoms with Crippen LogP contribution >= 0.6 is 39.3 Å². The summed E-state index contributed by atoms with van der Waals surface area (Å²) >= 11 is 10.8. The van der Waals surface area contributed by atoms with Crippen LogP contribution < -0.4 is 5.32 Å². The van der Waals surface area contributed by atoms with Crippen LogP contribution in [-0.4, -0.2) is 5.91 Å². The van der Waals surface area contributed by atoms with Gasteiger partial charge in [-0.25, -0.2) is 0 Å². The Morgan fingerprint density at radius 3 is 2.64 bits per heavy atom. The Kier molecular flexibility index (Phi) is 6.63. The summed E-state index contributed by atoms with van der Waals surface area (Å²) < 4.78 is 6.51. The molecule has 4 nitrogen and oxygen atoms in total. The predicted octanol–water partition coefficient (Wildman–Crippen LogP) is 6.70. The minimum Gasteiger partial charge on any atom is -0.449 e. The number of benzene rings is 2.